The number of nitrogens with one attached hydrogen (secondary N) is 1. The van der Waals surface area contributed by atoms with Gasteiger partial charge in [-0.15, -0.1) is 0 Å². The molecule has 1 N–H and O–H groups in total. The third-order valence-electron chi connectivity index (χ3n) is 6.10. The van der Waals surface area contributed by atoms with E-state index in [-0.39, 0.29) is 29.7 Å². The van der Waals surface area contributed by atoms with Crippen LogP contribution < -0.4 is 4.72 Å². The zero-order valence-corrected chi connectivity index (χ0v) is 18.2. The number of halogens is 4. The van der Waals surface area contributed by atoms with Gasteiger partial charge in [0.15, 0.2) is 0 Å². The van der Waals surface area contributed by atoms with Gasteiger partial charge in [0, 0.05) is 12.5 Å². The summed E-state index contributed by atoms with van der Waals surface area (Å²) in [6.45, 7) is 1.17. The highest BCUT2D eigenvalue weighted by atomic mass is 32.2. The van der Waals surface area contributed by atoms with Gasteiger partial charge in [0.05, 0.1) is 30.3 Å². The summed E-state index contributed by atoms with van der Waals surface area (Å²) in [6, 6.07) is 7.19. The lowest BCUT2D eigenvalue weighted by Gasteiger charge is -2.47. The van der Waals surface area contributed by atoms with E-state index in [0.29, 0.717) is 0 Å². The van der Waals surface area contributed by atoms with Crippen LogP contribution in [0.5, 0.6) is 0 Å². The van der Waals surface area contributed by atoms with Crippen molar-refractivity contribution in [2.24, 2.45) is 5.92 Å². The van der Waals surface area contributed by atoms with Crippen molar-refractivity contribution in [2.45, 2.75) is 37.3 Å². The lowest BCUT2D eigenvalue weighted by Crippen LogP contribution is -2.67. The van der Waals surface area contributed by atoms with Crippen LogP contribution in [0.1, 0.15) is 18.9 Å². The van der Waals surface area contributed by atoms with Crippen LogP contribution in [0.25, 0.3) is 11.1 Å². The fraction of sp³-hybridized carbons (Fsp3) is 0.409. The van der Waals surface area contributed by atoms with Crippen LogP contribution in [0.2, 0.25) is 0 Å². The molecule has 2 aliphatic rings. The Balaban J connectivity index is 1.60. The SMILES string of the molecule is C[C@H](NS(C)(=O)=O)[C@@H]1[C@H](F)CN1C(=O)[C@@H]1C[C@@]1(F)c1ccccc1-c1c(F)cccc1F. The van der Waals surface area contributed by atoms with Crippen LogP contribution in [0.15, 0.2) is 42.5 Å². The molecule has 1 amide bonds. The van der Waals surface area contributed by atoms with Gasteiger partial charge < -0.3 is 4.90 Å². The number of hydrogen-bond acceptors (Lipinski definition) is 3. The molecule has 1 aliphatic carbocycles. The average molecular weight is 470 g/mol. The second-order valence-corrected chi connectivity index (χ2v) is 10.2. The molecule has 4 rings (SSSR count). The number of likely N-dealkylation sites (tertiary alicyclic amines) is 1. The molecular weight excluding hydrogens is 448 g/mol. The molecule has 0 spiro atoms. The molecular formula is C22H22F4N2O3S. The maximum Gasteiger partial charge on any atom is 0.229 e. The molecule has 0 aromatic heterocycles. The van der Waals surface area contributed by atoms with Crippen LogP contribution >= 0.6 is 0 Å². The molecule has 1 heterocycles. The molecule has 1 saturated heterocycles. The second kappa shape index (κ2) is 7.84. The number of rotatable bonds is 6. The number of hydrogen-bond donors (Lipinski definition) is 1. The van der Waals surface area contributed by atoms with E-state index < -0.39 is 57.4 Å². The number of carbonyl (C=O) groups is 1. The largest absolute Gasteiger partial charge is 0.332 e. The van der Waals surface area contributed by atoms with E-state index in [1.54, 1.807) is 0 Å². The smallest absolute Gasteiger partial charge is 0.229 e. The van der Waals surface area contributed by atoms with Crippen molar-refractivity contribution < 1.29 is 30.8 Å². The summed E-state index contributed by atoms with van der Waals surface area (Å²) in [7, 11) is -3.63. The standard InChI is InChI=1S/C22H22F4N2O3S/c1-12(27-32(2,30)31)20-18(25)11-28(20)21(29)15-10-22(15,26)14-7-4-3-6-13(14)19-16(23)8-5-9-17(19)24/h3-9,12,15,18,20,27H,10-11H2,1-2H3/t12-,15-,18+,20+,22+/m0/s1. The van der Waals surface area contributed by atoms with Gasteiger partial charge in [-0.1, -0.05) is 30.3 Å². The third-order valence-corrected chi connectivity index (χ3v) is 6.90. The quantitative estimate of drug-likeness (QED) is 0.659. The fourth-order valence-electron chi connectivity index (χ4n) is 4.54. The second-order valence-electron chi connectivity index (χ2n) is 8.44. The Morgan fingerprint density at radius 3 is 2.38 bits per heavy atom. The first-order chi connectivity index (χ1) is 14.9. The summed E-state index contributed by atoms with van der Waals surface area (Å²) in [5, 5.41) is 0. The normalized spacial score (nSPS) is 28.2. The van der Waals surface area contributed by atoms with Gasteiger partial charge in [0.1, 0.15) is 23.5 Å². The molecule has 2 aromatic rings. The number of alkyl halides is 2. The third kappa shape index (κ3) is 3.90. The van der Waals surface area contributed by atoms with E-state index in [2.05, 4.69) is 4.72 Å². The summed E-state index contributed by atoms with van der Waals surface area (Å²) >= 11 is 0. The maximum absolute atomic E-state index is 15.9. The van der Waals surface area contributed by atoms with Crippen LogP contribution in [0.4, 0.5) is 17.6 Å². The van der Waals surface area contributed by atoms with Crippen LogP contribution in [0, 0.1) is 17.6 Å². The summed E-state index contributed by atoms with van der Waals surface area (Å²) in [6.07, 6.45) is -0.739. The van der Waals surface area contributed by atoms with E-state index in [0.717, 1.165) is 23.3 Å². The molecule has 1 aliphatic heterocycles. The van der Waals surface area contributed by atoms with Crippen LogP contribution in [0.3, 0.4) is 0 Å². The average Bonchev–Trinajstić information content (AvgIpc) is 3.37. The van der Waals surface area contributed by atoms with Gasteiger partial charge in [0.25, 0.3) is 0 Å². The molecule has 0 radical (unpaired) electrons. The van der Waals surface area contributed by atoms with E-state index in [1.807, 2.05) is 0 Å². The van der Waals surface area contributed by atoms with Crippen molar-refractivity contribution in [1.82, 2.24) is 9.62 Å². The molecule has 2 fully saturated rings. The summed E-state index contributed by atoms with van der Waals surface area (Å²) in [4.78, 5) is 14.1. The first-order valence-electron chi connectivity index (χ1n) is 10.1. The van der Waals surface area contributed by atoms with Crippen molar-refractivity contribution in [3.63, 3.8) is 0 Å². The minimum Gasteiger partial charge on any atom is -0.332 e. The molecule has 0 bridgehead atoms. The minimum absolute atomic E-state index is 0.0107. The number of benzene rings is 2. The zero-order chi connectivity index (χ0) is 23.4. The van der Waals surface area contributed by atoms with Gasteiger partial charge in [-0.05, 0) is 30.2 Å². The number of nitrogens with zero attached hydrogens (tertiary/aromatic N) is 1. The van der Waals surface area contributed by atoms with Crippen molar-refractivity contribution in [1.29, 1.82) is 0 Å². The molecule has 5 atom stereocenters. The van der Waals surface area contributed by atoms with E-state index in [9.17, 15) is 26.4 Å². The van der Waals surface area contributed by atoms with Gasteiger partial charge >= 0.3 is 0 Å². The monoisotopic (exact) mass is 470 g/mol. The molecule has 1 saturated carbocycles. The minimum atomic E-state index is -3.63. The summed E-state index contributed by atoms with van der Waals surface area (Å²) in [5.74, 6) is -3.52. The van der Waals surface area contributed by atoms with Gasteiger partial charge in [0.2, 0.25) is 15.9 Å². The molecule has 0 unspecified atom stereocenters. The van der Waals surface area contributed by atoms with Gasteiger partial charge in [-0.2, -0.15) is 0 Å². The van der Waals surface area contributed by atoms with Crippen molar-refractivity contribution >= 4 is 15.9 Å². The highest BCUT2D eigenvalue weighted by Gasteiger charge is 2.64. The van der Waals surface area contributed by atoms with Crippen molar-refractivity contribution in [2.75, 3.05) is 12.8 Å². The van der Waals surface area contributed by atoms with Crippen LogP contribution in [-0.4, -0.2) is 50.3 Å². The lowest BCUT2D eigenvalue weighted by molar-refractivity contribution is -0.149. The van der Waals surface area contributed by atoms with E-state index in [1.165, 1.54) is 37.3 Å². The predicted octanol–water partition coefficient (Wildman–Crippen LogP) is 3.30. The molecule has 10 heteroatoms. The number of sulfonamides is 1. The van der Waals surface area contributed by atoms with Crippen LogP contribution in [-0.2, 0) is 20.5 Å². The van der Waals surface area contributed by atoms with Gasteiger partial charge in [-0.3, -0.25) is 4.79 Å². The predicted molar refractivity (Wildman–Crippen MR) is 111 cm³/mol. The Morgan fingerprint density at radius 1 is 1.16 bits per heavy atom. The fourth-order valence-corrected chi connectivity index (χ4v) is 5.35. The van der Waals surface area contributed by atoms with Gasteiger partial charge in [-0.25, -0.2) is 30.7 Å². The summed E-state index contributed by atoms with van der Waals surface area (Å²) in [5.41, 5.74) is -2.55. The van der Waals surface area contributed by atoms with E-state index in [4.69, 9.17) is 0 Å². The molecule has 2 aromatic carbocycles. The highest BCUT2D eigenvalue weighted by molar-refractivity contribution is 7.88. The molecule has 32 heavy (non-hydrogen) atoms. The Bertz CT molecular complexity index is 1160. The Labute approximate surface area is 183 Å². The Morgan fingerprint density at radius 2 is 1.78 bits per heavy atom. The van der Waals surface area contributed by atoms with Crippen molar-refractivity contribution in [3.8, 4) is 11.1 Å². The lowest BCUT2D eigenvalue weighted by atomic mass is 9.91. The first kappa shape index (κ1) is 22.7. The number of amides is 1. The Hall–Kier alpha value is -2.46. The zero-order valence-electron chi connectivity index (χ0n) is 17.4. The van der Waals surface area contributed by atoms with Crippen molar-refractivity contribution in [3.05, 3.63) is 59.7 Å². The maximum atomic E-state index is 15.9. The summed E-state index contributed by atoms with van der Waals surface area (Å²) < 4.78 is 84.0. The number of carbonyl (C=O) groups excluding carboxylic acids is 1. The molecule has 5 nitrogen and oxygen atoms in total. The topological polar surface area (TPSA) is 66.5 Å². The van der Waals surface area contributed by atoms with E-state index >= 15 is 4.39 Å². The molecule has 172 valence electrons. The Kier molecular flexibility index (Phi) is 5.57. The first-order valence-corrected chi connectivity index (χ1v) is 12.0. The highest BCUT2D eigenvalue weighted by Crippen LogP contribution is 2.59.